The van der Waals surface area contributed by atoms with Gasteiger partial charge in [-0.25, -0.2) is 16.8 Å². The van der Waals surface area contributed by atoms with E-state index in [1.807, 2.05) is 109 Å². The normalized spacial score (nSPS) is 12.2. The Bertz CT molecular complexity index is 3720. The molecule has 14 heteroatoms. The average Bonchev–Trinajstić information content (AvgIpc) is 3.95. The number of nitrogens with one attached hydrogen (secondary N) is 6. The van der Waals surface area contributed by atoms with Crippen LogP contribution in [0.5, 0.6) is 0 Å². The van der Waals surface area contributed by atoms with E-state index in [0.29, 0.717) is 62.1 Å². The third-order valence-electron chi connectivity index (χ3n) is 13.0. The number of H-pyrrole nitrogens is 2. The standard InChI is InChI=1S/C59H58N6O6S2/c1-58(2,3)42-21-27-46(28-22-42)72(68,69)64-44-25-31-50-48(35-44)52(39-16-9-7-10-17-39)54(62-50)56(66)60-34-33-38-15-13-14-20-41(38)37-61-57(67)55-53(40-18-11-8-12-19-40)49-36-45(26-32-51(49)63-55)65-73(70,71)47-29-23-43(24-30-47)59(4,5)6/h7-32,35-36,62-65H,33-34,37H2,1-6H3,(H,60,66)(H,61,67). The number of carbonyl (C=O) groups excluding carboxylic acids is 2. The van der Waals surface area contributed by atoms with E-state index in [2.05, 4.69) is 71.6 Å². The molecule has 0 fully saturated rings. The van der Waals surface area contributed by atoms with Crippen LogP contribution in [-0.2, 0) is 43.8 Å². The predicted octanol–water partition coefficient (Wildman–Crippen LogP) is 12.1. The molecule has 0 radical (unpaired) electrons. The van der Waals surface area contributed by atoms with E-state index in [1.54, 1.807) is 60.7 Å². The van der Waals surface area contributed by atoms with Gasteiger partial charge in [-0.2, -0.15) is 0 Å². The average molecular weight is 1010 g/mol. The van der Waals surface area contributed by atoms with Gasteiger partial charge in [0.25, 0.3) is 31.9 Å². The summed E-state index contributed by atoms with van der Waals surface area (Å²) >= 11 is 0. The second-order valence-corrected chi connectivity index (χ2v) is 23.6. The van der Waals surface area contributed by atoms with Gasteiger partial charge in [-0.3, -0.25) is 19.0 Å². The quantitative estimate of drug-likeness (QED) is 0.0594. The number of benzene rings is 7. The van der Waals surface area contributed by atoms with Crippen molar-refractivity contribution in [3.8, 4) is 22.3 Å². The van der Waals surface area contributed by atoms with Crippen LogP contribution in [0.2, 0.25) is 0 Å². The lowest BCUT2D eigenvalue weighted by Gasteiger charge is -2.19. The summed E-state index contributed by atoms with van der Waals surface area (Å²) in [5, 5.41) is 7.53. The Kier molecular flexibility index (Phi) is 13.7. The molecule has 372 valence electrons. The van der Waals surface area contributed by atoms with Crippen molar-refractivity contribution < 1.29 is 26.4 Å². The highest BCUT2D eigenvalue weighted by molar-refractivity contribution is 7.93. The first-order chi connectivity index (χ1) is 34.7. The number of amides is 2. The van der Waals surface area contributed by atoms with Crippen LogP contribution in [0.15, 0.2) is 180 Å². The fourth-order valence-corrected chi connectivity index (χ4v) is 11.1. The Morgan fingerprint density at radius 3 is 1.29 bits per heavy atom. The lowest BCUT2D eigenvalue weighted by atomic mass is 9.87. The van der Waals surface area contributed by atoms with E-state index >= 15 is 0 Å². The van der Waals surface area contributed by atoms with Gasteiger partial charge in [0.05, 0.1) is 9.79 Å². The third kappa shape index (κ3) is 11.0. The van der Waals surface area contributed by atoms with E-state index < -0.39 is 20.0 Å². The SMILES string of the molecule is CC(C)(C)c1ccc(S(=O)(=O)Nc2ccc3[nH]c(C(=O)NCCc4ccccc4CNC(=O)c4[nH]c5ccc(NS(=O)(=O)c6ccc(C(C)(C)C)cc6)cc5c4-c4ccccc4)c(-c4ccccc4)c3c2)cc1. The first-order valence-electron chi connectivity index (χ1n) is 24.1. The van der Waals surface area contributed by atoms with E-state index in [9.17, 15) is 26.4 Å². The zero-order chi connectivity index (χ0) is 51.7. The third-order valence-corrected chi connectivity index (χ3v) is 15.8. The van der Waals surface area contributed by atoms with Crippen molar-refractivity contribution in [3.05, 3.63) is 203 Å². The fourth-order valence-electron chi connectivity index (χ4n) is 8.99. The minimum Gasteiger partial charge on any atom is -0.350 e. The van der Waals surface area contributed by atoms with Gasteiger partial charge in [-0.05, 0) is 111 Å². The number of hydrogen-bond acceptors (Lipinski definition) is 6. The summed E-state index contributed by atoms with van der Waals surface area (Å²) in [7, 11) is -7.84. The van der Waals surface area contributed by atoms with Crippen LogP contribution in [-0.4, -0.2) is 45.2 Å². The molecule has 2 amide bonds. The molecule has 0 spiro atoms. The largest absolute Gasteiger partial charge is 0.350 e. The van der Waals surface area contributed by atoms with Crippen molar-refractivity contribution in [3.63, 3.8) is 0 Å². The van der Waals surface area contributed by atoms with Crippen molar-refractivity contribution >= 4 is 65.0 Å². The monoisotopic (exact) mass is 1010 g/mol. The van der Waals surface area contributed by atoms with Crippen molar-refractivity contribution in [1.29, 1.82) is 0 Å². The van der Waals surface area contributed by atoms with Crippen LogP contribution in [0.25, 0.3) is 44.1 Å². The van der Waals surface area contributed by atoms with Crippen LogP contribution in [0.3, 0.4) is 0 Å². The number of carbonyl (C=O) groups is 2. The van der Waals surface area contributed by atoms with Crippen LogP contribution < -0.4 is 20.1 Å². The van der Waals surface area contributed by atoms with Gasteiger partial charge < -0.3 is 20.6 Å². The molecule has 9 rings (SSSR count). The highest BCUT2D eigenvalue weighted by Gasteiger charge is 2.25. The molecule has 0 atom stereocenters. The number of hydrogen-bond donors (Lipinski definition) is 6. The molecular weight excluding hydrogens is 953 g/mol. The molecule has 0 unspecified atom stereocenters. The molecule has 0 saturated carbocycles. The molecule has 7 aromatic carbocycles. The van der Waals surface area contributed by atoms with Crippen LogP contribution in [0.4, 0.5) is 11.4 Å². The Morgan fingerprint density at radius 1 is 0.466 bits per heavy atom. The minimum absolute atomic E-state index is 0.128. The van der Waals surface area contributed by atoms with Gasteiger partial charge >= 0.3 is 0 Å². The van der Waals surface area contributed by atoms with Gasteiger partial charge in [-0.15, -0.1) is 0 Å². The summed E-state index contributed by atoms with van der Waals surface area (Å²) in [6.45, 7) is 12.9. The second kappa shape index (κ2) is 19.9. The van der Waals surface area contributed by atoms with E-state index in [1.165, 1.54) is 0 Å². The molecule has 0 saturated heterocycles. The van der Waals surface area contributed by atoms with Crippen molar-refractivity contribution in [2.45, 2.75) is 75.1 Å². The fraction of sp³-hybridized carbons (Fsp3) is 0.186. The smallest absolute Gasteiger partial charge is 0.268 e. The summed E-state index contributed by atoms with van der Waals surface area (Å²) < 4.78 is 59.7. The Morgan fingerprint density at radius 2 is 0.863 bits per heavy atom. The molecule has 0 aliphatic heterocycles. The number of sulfonamides is 2. The summed E-state index contributed by atoms with van der Waals surface area (Å²) in [4.78, 5) is 35.2. The zero-order valence-electron chi connectivity index (χ0n) is 41.6. The van der Waals surface area contributed by atoms with Crippen LogP contribution in [0, 0.1) is 0 Å². The summed E-state index contributed by atoms with van der Waals surface area (Å²) in [6.07, 6.45) is 0.461. The zero-order valence-corrected chi connectivity index (χ0v) is 43.2. The summed E-state index contributed by atoms with van der Waals surface area (Å²) in [6, 6.07) is 50.8. The molecular formula is C59H58N6O6S2. The van der Waals surface area contributed by atoms with Crippen LogP contribution >= 0.6 is 0 Å². The lowest BCUT2D eigenvalue weighted by Crippen LogP contribution is -2.27. The molecule has 2 aromatic heterocycles. The van der Waals surface area contributed by atoms with Gasteiger partial charge in [0.1, 0.15) is 11.4 Å². The second-order valence-electron chi connectivity index (χ2n) is 20.2. The maximum absolute atomic E-state index is 14.2. The topological polar surface area (TPSA) is 182 Å². The van der Waals surface area contributed by atoms with Gasteiger partial charge in [0.2, 0.25) is 0 Å². The molecule has 6 N–H and O–H groups in total. The van der Waals surface area contributed by atoms with Gasteiger partial charge in [0, 0.05) is 57.4 Å². The number of aromatic amines is 2. The molecule has 2 heterocycles. The summed E-state index contributed by atoms with van der Waals surface area (Å²) in [5.74, 6) is -0.683. The molecule has 0 aliphatic carbocycles. The molecule has 0 aliphatic rings. The Balaban J connectivity index is 0.906. The molecule has 12 nitrogen and oxygen atoms in total. The number of aromatic nitrogens is 2. The molecule has 73 heavy (non-hydrogen) atoms. The van der Waals surface area contributed by atoms with Gasteiger partial charge in [-0.1, -0.05) is 151 Å². The maximum atomic E-state index is 14.2. The lowest BCUT2D eigenvalue weighted by molar-refractivity contribution is 0.0942. The van der Waals surface area contributed by atoms with E-state index in [-0.39, 0.29) is 45.5 Å². The van der Waals surface area contributed by atoms with Crippen molar-refractivity contribution in [2.75, 3.05) is 16.0 Å². The molecule has 9 aromatic rings. The van der Waals surface area contributed by atoms with Crippen molar-refractivity contribution in [2.24, 2.45) is 0 Å². The van der Waals surface area contributed by atoms with E-state index in [4.69, 9.17) is 0 Å². The first-order valence-corrected chi connectivity index (χ1v) is 27.0. The minimum atomic E-state index is -3.92. The first kappa shape index (κ1) is 50.0. The Labute approximate surface area is 426 Å². The van der Waals surface area contributed by atoms with Crippen LogP contribution in [0.1, 0.15) is 84.8 Å². The highest BCUT2D eigenvalue weighted by Crippen LogP contribution is 2.37. The molecule has 0 bridgehead atoms. The number of anilines is 2. The number of rotatable bonds is 15. The van der Waals surface area contributed by atoms with Gasteiger partial charge in [0.15, 0.2) is 0 Å². The Hall–Kier alpha value is -7.94. The predicted molar refractivity (Wildman–Crippen MR) is 293 cm³/mol. The maximum Gasteiger partial charge on any atom is 0.268 e. The number of fused-ring (bicyclic) bond motifs is 2. The highest BCUT2D eigenvalue weighted by atomic mass is 32.2. The van der Waals surface area contributed by atoms with Crippen molar-refractivity contribution in [1.82, 2.24) is 20.6 Å². The van der Waals surface area contributed by atoms with E-state index in [0.717, 1.165) is 33.4 Å². The summed E-state index contributed by atoms with van der Waals surface area (Å²) in [5.41, 5.74) is 9.10.